The standard InChI is InChI=1S/C15H15N2O2/c1-17(2)16-13-8-10-14(11-9-13)19-15(18)12-6-4-3-5-7-12/h3-11H,1-2H3/q+1. The van der Waals surface area contributed by atoms with Crippen LogP contribution in [0.15, 0.2) is 59.7 Å². The quantitative estimate of drug-likeness (QED) is 0.365. The van der Waals surface area contributed by atoms with Gasteiger partial charge in [-0.2, -0.15) is 0 Å². The molecule has 4 heteroatoms. The lowest BCUT2D eigenvalue weighted by atomic mass is 10.2. The lowest BCUT2D eigenvalue weighted by molar-refractivity contribution is -0.532. The summed E-state index contributed by atoms with van der Waals surface area (Å²) in [5.41, 5.74) is 1.34. The Morgan fingerprint density at radius 2 is 1.63 bits per heavy atom. The van der Waals surface area contributed by atoms with Gasteiger partial charge in [-0.1, -0.05) is 18.2 Å². The molecule has 0 aliphatic heterocycles. The van der Waals surface area contributed by atoms with Gasteiger partial charge in [0.25, 0.3) is 0 Å². The number of rotatable bonds is 3. The number of azo groups is 2. The van der Waals surface area contributed by atoms with E-state index in [4.69, 9.17) is 4.74 Å². The highest BCUT2D eigenvalue weighted by molar-refractivity contribution is 5.90. The molecule has 0 radical (unpaired) electrons. The fourth-order valence-electron chi connectivity index (χ4n) is 1.55. The first-order valence-corrected chi connectivity index (χ1v) is 5.91. The normalized spacial score (nSPS) is 9.79. The monoisotopic (exact) mass is 255 g/mol. The summed E-state index contributed by atoms with van der Waals surface area (Å²) < 4.78 is 6.98. The van der Waals surface area contributed by atoms with Gasteiger partial charge in [0.15, 0.2) is 14.1 Å². The molecule has 0 saturated carbocycles. The van der Waals surface area contributed by atoms with E-state index in [2.05, 4.69) is 5.11 Å². The van der Waals surface area contributed by atoms with E-state index < -0.39 is 0 Å². The van der Waals surface area contributed by atoms with Gasteiger partial charge in [0.1, 0.15) is 11.4 Å². The maximum atomic E-state index is 11.8. The van der Waals surface area contributed by atoms with E-state index >= 15 is 0 Å². The van der Waals surface area contributed by atoms with Gasteiger partial charge in [0.2, 0.25) is 0 Å². The molecule has 0 spiro atoms. The second-order valence-corrected chi connectivity index (χ2v) is 4.20. The van der Waals surface area contributed by atoms with Crippen LogP contribution in [-0.4, -0.2) is 24.8 Å². The minimum Gasteiger partial charge on any atom is -0.423 e. The molecule has 0 amide bonds. The summed E-state index contributed by atoms with van der Waals surface area (Å²) in [4.78, 5) is 11.8. The number of ether oxygens (including phenoxy) is 1. The molecule has 2 rings (SSSR count). The third-order valence-electron chi connectivity index (χ3n) is 2.37. The molecule has 0 aliphatic carbocycles. The van der Waals surface area contributed by atoms with Crippen LogP contribution in [0, 0.1) is 0 Å². The average Bonchev–Trinajstić information content (AvgIpc) is 2.41. The Morgan fingerprint density at radius 3 is 2.21 bits per heavy atom. The van der Waals surface area contributed by atoms with Crippen LogP contribution in [0.1, 0.15) is 10.4 Å². The fraction of sp³-hybridized carbons (Fsp3) is 0.133. The zero-order valence-corrected chi connectivity index (χ0v) is 10.9. The van der Waals surface area contributed by atoms with Gasteiger partial charge in [0.05, 0.1) is 5.56 Å². The predicted molar refractivity (Wildman–Crippen MR) is 72.0 cm³/mol. The van der Waals surface area contributed by atoms with E-state index in [1.165, 1.54) is 0 Å². The summed E-state index contributed by atoms with van der Waals surface area (Å²) in [6.45, 7) is 0. The van der Waals surface area contributed by atoms with E-state index in [1.54, 1.807) is 53.2 Å². The smallest absolute Gasteiger partial charge is 0.343 e. The predicted octanol–water partition coefficient (Wildman–Crippen LogP) is 3.26. The number of nitrogens with zero attached hydrogens (tertiary/aromatic N) is 2. The maximum Gasteiger partial charge on any atom is 0.343 e. The SMILES string of the molecule is C[N+](C)=Nc1ccc(OC(=O)c2ccccc2)cc1. The van der Waals surface area contributed by atoms with Crippen molar-refractivity contribution in [3.63, 3.8) is 0 Å². The van der Waals surface area contributed by atoms with Gasteiger partial charge in [0, 0.05) is 0 Å². The Hall–Kier alpha value is -2.49. The van der Waals surface area contributed by atoms with Crippen LogP contribution in [0.5, 0.6) is 5.75 Å². The summed E-state index contributed by atoms with van der Waals surface area (Å²) in [7, 11) is 3.70. The molecule has 0 bridgehead atoms. The molecule has 0 atom stereocenters. The molecular weight excluding hydrogens is 240 g/mol. The van der Waals surface area contributed by atoms with Crippen LogP contribution < -0.4 is 4.74 Å². The third-order valence-corrected chi connectivity index (χ3v) is 2.37. The van der Waals surface area contributed by atoms with Crippen molar-refractivity contribution in [2.75, 3.05) is 14.1 Å². The van der Waals surface area contributed by atoms with Gasteiger partial charge < -0.3 is 4.74 Å². The van der Waals surface area contributed by atoms with Crippen LogP contribution in [-0.2, 0) is 0 Å². The first kappa shape index (κ1) is 13.0. The Labute approximate surface area is 112 Å². The molecule has 0 aliphatic rings. The summed E-state index contributed by atoms with van der Waals surface area (Å²) >= 11 is 0. The third kappa shape index (κ3) is 3.74. The first-order chi connectivity index (χ1) is 9.15. The largest absolute Gasteiger partial charge is 0.423 e. The minimum atomic E-state index is -0.363. The zero-order valence-electron chi connectivity index (χ0n) is 10.9. The molecule has 0 fully saturated rings. The molecule has 2 aromatic carbocycles. The van der Waals surface area contributed by atoms with Crippen molar-refractivity contribution in [2.24, 2.45) is 5.11 Å². The van der Waals surface area contributed by atoms with Crippen LogP contribution in [0.3, 0.4) is 0 Å². The maximum absolute atomic E-state index is 11.8. The molecule has 0 aromatic heterocycles. The molecule has 0 N–H and O–H groups in total. The number of hydrogen-bond acceptors (Lipinski definition) is 3. The van der Waals surface area contributed by atoms with Crippen molar-refractivity contribution in [3.8, 4) is 5.75 Å². The lowest BCUT2D eigenvalue weighted by Crippen LogP contribution is -2.07. The summed E-state index contributed by atoms with van der Waals surface area (Å²) in [6.07, 6.45) is 0. The number of benzene rings is 2. The molecule has 4 nitrogen and oxygen atoms in total. The van der Waals surface area contributed by atoms with Crippen molar-refractivity contribution in [1.29, 1.82) is 0 Å². The van der Waals surface area contributed by atoms with E-state index in [9.17, 15) is 4.79 Å². The second kappa shape index (κ2) is 5.91. The van der Waals surface area contributed by atoms with Gasteiger partial charge in [-0.3, -0.25) is 0 Å². The summed E-state index contributed by atoms with van der Waals surface area (Å²) in [6, 6.07) is 15.9. The number of carbonyl (C=O) groups is 1. The average molecular weight is 255 g/mol. The Morgan fingerprint density at radius 1 is 1.00 bits per heavy atom. The van der Waals surface area contributed by atoms with E-state index in [0.29, 0.717) is 11.3 Å². The van der Waals surface area contributed by atoms with Crippen molar-refractivity contribution >= 4 is 11.7 Å². The van der Waals surface area contributed by atoms with Gasteiger partial charge in [-0.15, -0.1) is 4.70 Å². The minimum absolute atomic E-state index is 0.363. The summed E-state index contributed by atoms with van der Waals surface area (Å²) in [5, 5.41) is 4.23. The Bertz CT molecular complexity index is 585. The van der Waals surface area contributed by atoms with E-state index in [0.717, 1.165) is 5.69 Å². The van der Waals surface area contributed by atoms with E-state index in [1.807, 2.05) is 20.2 Å². The van der Waals surface area contributed by atoms with Gasteiger partial charge >= 0.3 is 5.97 Å². The van der Waals surface area contributed by atoms with Crippen molar-refractivity contribution < 1.29 is 14.2 Å². The van der Waals surface area contributed by atoms with Crippen LogP contribution in [0.25, 0.3) is 0 Å². The van der Waals surface area contributed by atoms with Gasteiger partial charge in [-0.05, 0) is 41.5 Å². The molecular formula is C15H15N2O2+. The van der Waals surface area contributed by atoms with Crippen LogP contribution in [0.4, 0.5) is 5.69 Å². The summed E-state index contributed by atoms with van der Waals surface area (Å²) in [5.74, 6) is 0.143. The zero-order chi connectivity index (χ0) is 13.7. The Kier molecular flexibility index (Phi) is 4.03. The van der Waals surface area contributed by atoms with Crippen molar-refractivity contribution in [2.45, 2.75) is 0 Å². The Balaban J connectivity index is 2.08. The van der Waals surface area contributed by atoms with Crippen molar-refractivity contribution in [3.05, 3.63) is 60.2 Å². The van der Waals surface area contributed by atoms with E-state index in [-0.39, 0.29) is 5.97 Å². The fourth-order valence-corrected chi connectivity index (χ4v) is 1.55. The number of hydrogen-bond donors (Lipinski definition) is 0. The lowest BCUT2D eigenvalue weighted by Gasteiger charge is -2.03. The highest BCUT2D eigenvalue weighted by Crippen LogP contribution is 2.19. The first-order valence-electron chi connectivity index (χ1n) is 5.91. The molecule has 0 heterocycles. The highest BCUT2D eigenvalue weighted by atomic mass is 16.5. The van der Waals surface area contributed by atoms with Crippen molar-refractivity contribution in [1.82, 2.24) is 0 Å². The molecule has 2 aromatic rings. The topological polar surface area (TPSA) is 41.7 Å². The highest BCUT2D eigenvalue weighted by Gasteiger charge is 2.07. The molecule has 96 valence electrons. The van der Waals surface area contributed by atoms with Crippen LogP contribution >= 0.6 is 0 Å². The van der Waals surface area contributed by atoms with Crippen LogP contribution in [0.2, 0.25) is 0 Å². The second-order valence-electron chi connectivity index (χ2n) is 4.20. The molecule has 19 heavy (non-hydrogen) atoms. The van der Waals surface area contributed by atoms with Gasteiger partial charge in [-0.25, -0.2) is 4.79 Å². The number of esters is 1. The number of carbonyl (C=O) groups excluding carboxylic acids is 1. The molecule has 0 unspecified atom stereocenters. The molecule has 0 saturated heterocycles.